The Labute approximate surface area is 282 Å². The van der Waals surface area contributed by atoms with Crippen LogP contribution >= 0.6 is 0 Å². The van der Waals surface area contributed by atoms with Crippen LogP contribution in [0.15, 0.2) is 24.3 Å². The number of aliphatic carboxylic acids is 1. The highest BCUT2D eigenvalue weighted by molar-refractivity contribution is 5.91. The molecule has 7 nitrogen and oxygen atoms in total. The van der Waals surface area contributed by atoms with Crippen LogP contribution in [0.5, 0.6) is 17.2 Å². The first kappa shape index (κ1) is 34.2. The van der Waals surface area contributed by atoms with Gasteiger partial charge in [0, 0.05) is 5.41 Å². The Kier molecular flexibility index (Phi) is 8.32. The van der Waals surface area contributed by atoms with Gasteiger partial charge in [-0.05, 0) is 129 Å². The summed E-state index contributed by atoms with van der Waals surface area (Å²) < 4.78 is 22.8. The second-order valence-corrected chi connectivity index (χ2v) is 17.3. The number of fused-ring (bicyclic) bond motifs is 7. The zero-order valence-corrected chi connectivity index (χ0v) is 30.3. The largest absolute Gasteiger partial charge is 0.493 e. The van der Waals surface area contributed by atoms with E-state index in [1.807, 2.05) is 0 Å². The third-order valence-corrected chi connectivity index (χ3v) is 15.6. The van der Waals surface area contributed by atoms with Crippen LogP contribution in [0.25, 0.3) is 0 Å². The van der Waals surface area contributed by atoms with Gasteiger partial charge in [-0.2, -0.15) is 0 Å². The topological polar surface area (TPSA) is 91.3 Å². The van der Waals surface area contributed by atoms with Crippen molar-refractivity contribution >= 4 is 11.9 Å². The number of methoxy groups -OCH3 is 3. The van der Waals surface area contributed by atoms with E-state index in [9.17, 15) is 14.7 Å². The molecule has 47 heavy (non-hydrogen) atoms. The minimum Gasteiger partial charge on any atom is -0.493 e. The van der Waals surface area contributed by atoms with Gasteiger partial charge in [0.2, 0.25) is 5.75 Å². The van der Waals surface area contributed by atoms with Gasteiger partial charge in [0.1, 0.15) is 6.10 Å². The second kappa shape index (κ2) is 11.4. The van der Waals surface area contributed by atoms with Gasteiger partial charge < -0.3 is 24.1 Å². The molecule has 0 bridgehead atoms. The van der Waals surface area contributed by atoms with Crippen molar-refractivity contribution in [3.05, 3.63) is 29.8 Å². The van der Waals surface area contributed by atoms with Crippen LogP contribution in [-0.4, -0.2) is 44.5 Å². The van der Waals surface area contributed by atoms with E-state index in [1.54, 1.807) is 33.5 Å². The number of rotatable bonds is 7. The van der Waals surface area contributed by atoms with Crippen molar-refractivity contribution in [3.63, 3.8) is 0 Å². The molecule has 0 aromatic heterocycles. The van der Waals surface area contributed by atoms with Crippen molar-refractivity contribution in [3.8, 4) is 17.2 Å². The van der Waals surface area contributed by atoms with E-state index in [0.717, 1.165) is 64.2 Å². The highest BCUT2D eigenvalue weighted by Gasteiger charge is 2.72. The maximum atomic E-state index is 13.7. The number of carbonyl (C=O) groups is 2. The molecule has 1 aromatic rings. The monoisotopic (exact) mass is 650 g/mol. The summed E-state index contributed by atoms with van der Waals surface area (Å²) in [6.07, 6.45) is 9.65. The van der Waals surface area contributed by atoms with Crippen molar-refractivity contribution in [1.82, 2.24) is 0 Å². The Bertz CT molecular complexity index is 1420. The van der Waals surface area contributed by atoms with Crippen LogP contribution in [0.2, 0.25) is 0 Å². The molecule has 0 amide bonds. The molecule has 0 heterocycles. The van der Waals surface area contributed by atoms with E-state index in [-0.39, 0.29) is 39.7 Å². The molecule has 260 valence electrons. The average Bonchev–Trinajstić information content (AvgIpc) is 3.43. The molecular weight excluding hydrogens is 592 g/mol. The maximum absolute atomic E-state index is 13.7. The molecule has 4 unspecified atom stereocenters. The van der Waals surface area contributed by atoms with E-state index in [0.29, 0.717) is 46.5 Å². The van der Waals surface area contributed by atoms with Crippen molar-refractivity contribution in [2.75, 3.05) is 21.3 Å². The Hall–Kier alpha value is -2.70. The maximum Gasteiger partial charge on any atom is 0.338 e. The average molecular weight is 651 g/mol. The molecule has 5 aliphatic rings. The SMILES string of the molecule is C=C(C)[C@@H]1CC[C@]2(C(=O)O)CC[C@]3(C)C(CCC4[C@@]5(C)CC[C@H](OC(=O)c6cc(OC)c(OC)c(OC)c6)C(C)(C)C5CC[C@]43C)C12. The predicted molar refractivity (Wildman–Crippen MR) is 182 cm³/mol. The third kappa shape index (κ3) is 4.63. The number of hydrogen-bond donors (Lipinski definition) is 1. The van der Waals surface area contributed by atoms with Crippen LogP contribution in [0, 0.1) is 56.7 Å². The molecule has 0 radical (unpaired) electrons. The minimum atomic E-state index is -0.597. The second-order valence-electron chi connectivity index (χ2n) is 17.3. The van der Waals surface area contributed by atoms with E-state index < -0.39 is 11.4 Å². The van der Waals surface area contributed by atoms with Crippen LogP contribution in [-0.2, 0) is 9.53 Å². The van der Waals surface area contributed by atoms with E-state index in [1.165, 1.54) is 5.57 Å². The molecule has 5 aliphatic carbocycles. The first-order valence-electron chi connectivity index (χ1n) is 18.0. The summed E-state index contributed by atoms with van der Waals surface area (Å²) in [5.41, 5.74) is 1.09. The van der Waals surface area contributed by atoms with E-state index in [2.05, 4.69) is 48.1 Å². The standard InChI is InChI=1S/C40H58O7/c1-23(2)25-13-18-40(35(42)43)20-19-38(6)26(32(25)40)11-12-30-37(5)16-15-31(36(3,4)29(37)14-17-39(30,38)7)47-34(41)24-21-27(44-8)33(46-10)28(22-24)45-9/h21-22,25-26,29-32H,1,11-20H2,2-10H3,(H,42,43)/t25-,26?,29?,30?,31-,32?,37-,38+,39+,40-/m0/s1. The summed E-state index contributed by atoms with van der Waals surface area (Å²) in [7, 11) is 4.64. The van der Waals surface area contributed by atoms with Gasteiger partial charge in [-0.3, -0.25) is 4.79 Å². The number of carboxylic acids is 1. The molecule has 0 aliphatic heterocycles. The lowest BCUT2D eigenvalue weighted by Crippen LogP contribution is -2.67. The van der Waals surface area contributed by atoms with E-state index in [4.69, 9.17) is 18.9 Å². The Balaban J connectivity index is 1.27. The van der Waals surface area contributed by atoms with Gasteiger partial charge in [0.25, 0.3) is 0 Å². The van der Waals surface area contributed by atoms with Crippen molar-refractivity contribution < 1.29 is 33.6 Å². The van der Waals surface area contributed by atoms with Crippen molar-refractivity contribution in [2.24, 2.45) is 56.7 Å². The fraction of sp³-hybridized carbons (Fsp3) is 0.750. The fourth-order valence-electron chi connectivity index (χ4n) is 13.1. The molecule has 5 saturated carbocycles. The smallest absolute Gasteiger partial charge is 0.338 e. The number of hydrogen-bond acceptors (Lipinski definition) is 6. The van der Waals surface area contributed by atoms with Gasteiger partial charge in [-0.15, -0.1) is 0 Å². The molecule has 1 N–H and O–H groups in total. The number of carboxylic acid groups (broad SMARTS) is 1. The lowest BCUT2D eigenvalue weighted by atomic mass is 9.32. The normalized spacial score (nSPS) is 41.7. The van der Waals surface area contributed by atoms with Crippen LogP contribution < -0.4 is 14.2 Å². The number of ether oxygens (including phenoxy) is 4. The first-order valence-corrected chi connectivity index (χ1v) is 18.0. The quantitative estimate of drug-likeness (QED) is 0.233. The summed E-state index contributed by atoms with van der Waals surface area (Å²) in [6.45, 7) is 18.8. The van der Waals surface area contributed by atoms with Gasteiger partial charge >= 0.3 is 11.9 Å². The first-order chi connectivity index (χ1) is 22.1. The lowest BCUT2D eigenvalue weighted by Gasteiger charge is -2.72. The zero-order valence-electron chi connectivity index (χ0n) is 30.3. The summed E-state index contributed by atoms with van der Waals surface area (Å²) in [5, 5.41) is 10.7. The summed E-state index contributed by atoms with van der Waals surface area (Å²) in [6, 6.07) is 3.33. The summed E-state index contributed by atoms with van der Waals surface area (Å²) in [4.78, 5) is 26.7. The van der Waals surface area contributed by atoms with Crippen LogP contribution in [0.1, 0.15) is 116 Å². The van der Waals surface area contributed by atoms with Crippen LogP contribution in [0.4, 0.5) is 0 Å². The van der Waals surface area contributed by atoms with Gasteiger partial charge in [-0.25, -0.2) is 4.79 Å². The Morgan fingerprint density at radius 3 is 2.02 bits per heavy atom. The van der Waals surface area contributed by atoms with Gasteiger partial charge in [-0.1, -0.05) is 46.8 Å². The fourth-order valence-corrected chi connectivity index (χ4v) is 13.1. The highest BCUT2D eigenvalue weighted by atomic mass is 16.5. The lowest BCUT2D eigenvalue weighted by molar-refractivity contribution is -0.248. The number of carbonyl (C=O) groups excluding carboxylic acids is 1. The molecule has 7 heteroatoms. The van der Waals surface area contributed by atoms with Gasteiger partial charge in [0.05, 0.1) is 32.3 Å². The Morgan fingerprint density at radius 1 is 0.787 bits per heavy atom. The predicted octanol–water partition coefficient (Wildman–Crippen LogP) is 8.98. The number of esters is 1. The molecule has 5 fully saturated rings. The summed E-state index contributed by atoms with van der Waals surface area (Å²) in [5.74, 6) is 2.22. The number of benzene rings is 1. The molecule has 0 saturated heterocycles. The third-order valence-electron chi connectivity index (χ3n) is 15.6. The zero-order chi connectivity index (χ0) is 34.3. The molecule has 10 atom stereocenters. The Morgan fingerprint density at radius 2 is 1.45 bits per heavy atom. The van der Waals surface area contributed by atoms with Gasteiger partial charge in [0.15, 0.2) is 11.5 Å². The minimum absolute atomic E-state index is 0.0888. The number of allylic oxidation sites excluding steroid dienone is 1. The highest BCUT2D eigenvalue weighted by Crippen LogP contribution is 2.77. The molecule has 0 spiro atoms. The van der Waals surface area contributed by atoms with Crippen LogP contribution in [0.3, 0.4) is 0 Å². The summed E-state index contributed by atoms with van der Waals surface area (Å²) >= 11 is 0. The molecule has 1 aromatic carbocycles. The molecular formula is C40H58O7. The molecule has 6 rings (SSSR count). The van der Waals surface area contributed by atoms with Crippen molar-refractivity contribution in [2.45, 2.75) is 112 Å². The van der Waals surface area contributed by atoms with E-state index >= 15 is 0 Å². The van der Waals surface area contributed by atoms with Crippen molar-refractivity contribution in [1.29, 1.82) is 0 Å².